The molecule has 0 saturated carbocycles. The molecule has 0 radical (unpaired) electrons. The number of alkyl halides is 6. The largest absolute Gasteiger partial charge is 0.417 e. The number of aryl methyl sites for hydroxylation is 1. The number of ketones is 1. The number of pyridine rings is 2. The van der Waals surface area contributed by atoms with Gasteiger partial charge in [0.05, 0.1) is 30.4 Å². The topological polar surface area (TPSA) is 97.9 Å². The number of aromatic nitrogens is 3. The number of benzene rings is 1. The van der Waals surface area contributed by atoms with E-state index in [0.29, 0.717) is 12.1 Å². The lowest BCUT2D eigenvalue weighted by atomic mass is 9.99. The first-order valence-electron chi connectivity index (χ1n) is 14.3. The van der Waals surface area contributed by atoms with Crippen LogP contribution in [0.1, 0.15) is 34.2 Å². The number of carbonyl (C=O) groups is 2. The van der Waals surface area contributed by atoms with Gasteiger partial charge in [0.2, 0.25) is 0 Å². The quantitative estimate of drug-likeness (QED) is 0.275. The zero-order valence-corrected chi connectivity index (χ0v) is 25.5. The van der Waals surface area contributed by atoms with Crippen molar-refractivity contribution in [2.45, 2.75) is 44.7 Å². The number of fused-ring (bicyclic) bond motifs is 1. The van der Waals surface area contributed by atoms with Gasteiger partial charge in [-0.15, -0.1) is 0 Å². The minimum atomic E-state index is -4.88. The van der Waals surface area contributed by atoms with Gasteiger partial charge in [-0.05, 0) is 44.2 Å². The van der Waals surface area contributed by atoms with Gasteiger partial charge in [-0.2, -0.15) is 26.3 Å². The van der Waals surface area contributed by atoms with E-state index in [-0.39, 0.29) is 42.2 Å². The minimum Gasteiger partial charge on any atom is -0.377 e. The average Bonchev–Trinajstić information content (AvgIpc) is 3.49. The van der Waals surface area contributed by atoms with Crippen LogP contribution in [0.25, 0.3) is 16.8 Å². The first-order chi connectivity index (χ1) is 22.4. The lowest BCUT2D eigenvalue weighted by molar-refractivity contribution is -0.167. The molecule has 2 atom stereocenters. The molecule has 5 rings (SSSR count). The van der Waals surface area contributed by atoms with Gasteiger partial charge in [0.25, 0.3) is 11.5 Å². The van der Waals surface area contributed by atoms with Crippen LogP contribution in [-0.4, -0.2) is 63.7 Å². The number of morpholine rings is 1. The van der Waals surface area contributed by atoms with Crippen LogP contribution < -0.4 is 15.8 Å². The predicted octanol–water partition coefficient (Wildman–Crippen LogP) is 5.00. The summed E-state index contributed by atoms with van der Waals surface area (Å²) in [6.07, 6.45) is -7.37. The standard InChI is InChI=1S/C31H27F8N5O4/c1-15-10-20(30(34,35)36)25(29(47)42(15)3)19-5-4-17(44-7-6-40-27(19)44)13-23(16(2)45)41-28(46)26-21(32)11-18(12-22(26)33)43-8-9-48-14-24(43)31(37,38)39/h4-7,10-12,23-24H,8-9,13-14H2,1-3H3,(H,41,46)/t23-,24+/m0/s1. The molecule has 3 aromatic heterocycles. The molecule has 4 aromatic rings. The summed E-state index contributed by atoms with van der Waals surface area (Å²) in [5, 5.41) is 2.23. The zero-order valence-electron chi connectivity index (χ0n) is 25.5. The lowest BCUT2D eigenvalue weighted by Gasteiger charge is -2.38. The lowest BCUT2D eigenvalue weighted by Crippen LogP contribution is -2.53. The van der Waals surface area contributed by atoms with Crippen LogP contribution >= 0.6 is 0 Å². The Morgan fingerprint density at radius 1 is 1.08 bits per heavy atom. The van der Waals surface area contributed by atoms with Crippen LogP contribution in [0.5, 0.6) is 0 Å². The Kier molecular flexibility index (Phi) is 9.11. The highest BCUT2D eigenvalue weighted by Crippen LogP contribution is 2.37. The number of anilines is 1. The zero-order chi connectivity index (χ0) is 35.3. The molecule has 256 valence electrons. The first kappa shape index (κ1) is 34.5. The molecule has 1 aliphatic heterocycles. The maximum absolute atomic E-state index is 15.1. The highest BCUT2D eigenvalue weighted by molar-refractivity contribution is 5.98. The second-order valence-electron chi connectivity index (χ2n) is 11.2. The number of nitrogens with zero attached hydrogens (tertiary/aromatic N) is 4. The van der Waals surface area contributed by atoms with Crippen LogP contribution in [0.4, 0.5) is 40.8 Å². The Morgan fingerprint density at radius 3 is 2.35 bits per heavy atom. The number of hydrogen-bond acceptors (Lipinski definition) is 6. The first-order valence-corrected chi connectivity index (χ1v) is 14.3. The summed E-state index contributed by atoms with van der Waals surface area (Å²) in [6.45, 7) is 1.23. The van der Waals surface area contributed by atoms with Gasteiger partial charge in [0.15, 0.2) is 5.78 Å². The Balaban J connectivity index is 1.46. The summed E-state index contributed by atoms with van der Waals surface area (Å²) in [7, 11) is 1.32. The molecule has 0 unspecified atom stereocenters. The van der Waals surface area contributed by atoms with Gasteiger partial charge in [-0.1, -0.05) is 0 Å². The molecule has 48 heavy (non-hydrogen) atoms. The van der Waals surface area contributed by atoms with Gasteiger partial charge in [0, 0.05) is 55.0 Å². The molecule has 0 spiro atoms. The molecular weight excluding hydrogens is 658 g/mol. The summed E-state index contributed by atoms with van der Waals surface area (Å²) < 4.78 is 120. The number of ether oxygens (including phenoxy) is 1. The molecule has 1 fully saturated rings. The number of nitrogens with one attached hydrogen (secondary N) is 1. The molecule has 0 aliphatic carbocycles. The van der Waals surface area contributed by atoms with E-state index in [9.17, 15) is 40.7 Å². The van der Waals surface area contributed by atoms with Crippen molar-refractivity contribution >= 4 is 23.0 Å². The van der Waals surface area contributed by atoms with E-state index in [1.165, 1.54) is 42.9 Å². The Bertz CT molecular complexity index is 1940. The SMILES string of the molecule is CC(=O)[C@H](Cc1ccc(-c2c(C(F)(F)F)cc(C)n(C)c2=O)c2nccn12)NC(=O)c1c(F)cc(N2CCOC[C@@H]2C(F)(F)F)cc1F. The normalized spacial score (nSPS) is 16.3. The van der Waals surface area contributed by atoms with Gasteiger partial charge < -0.3 is 23.9 Å². The molecule has 17 heteroatoms. The Labute approximate surface area is 266 Å². The van der Waals surface area contributed by atoms with Crippen molar-refractivity contribution in [3.8, 4) is 11.1 Å². The maximum Gasteiger partial charge on any atom is 0.417 e. The molecule has 1 saturated heterocycles. The van der Waals surface area contributed by atoms with E-state index in [1.54, 1.807) is 0 Å². The third-order valence-corrected chi connectivity index (χ3v) is 8.18. The third kappa shape index (κ3) is 6.50. The van der Waals surface area contributed by atoms with E-state index in [1.807, 2.05) is 0 Å². The summed E-state index contributed by atoms with van der Waals surface area (Å²) in [5.41, 5.74) is -4.28. The number of carbonyl (C=O) groups excluding carboxylic acids is 2. The summed E-state index contributed by atoms with van der Waals surface area (Å²) in [5.74, 6) is -4.98. The highest BCUT2D eigenvalue weighted by atomic mass is 19.4. The predicted molar refractivity (Wildman–Crippen MR) is 156 cm³/mol. The molecule has 1 amide bonds. The number of Topliss-reactive ketones (excluding diaryl/α,β-unsaturated/α-hetero) is 1. The van der Waals surface area contributed by atoms with Crippen LogP contribution in [0, 0.1) is 18.6 Å². The van der Waals surface area contributed by atoms with Crippen molar-refractivity contribution in [3.05, 3.63) is 87.2 Å². The molecular formula is C31H27F8N5O4. The Hall–Kier alpha value is -4.80. The number of hydrogen-bond donors (Lipinski definition) is 1. The van der Waals surface area contributed by atoms with E-state index in [0.717, 1.165) is 22.5 Å². The fraction of sp³-hybridized carbons (Fsp3) is 0.355. The minimum absolute atomic E-state index is 0.0690. The summed E-state index contributed by atoms with van der Waals surface area (Å²) in [4.78, 5) is 43.6. The van der Waals surface area contributed by atoms with E-state index in [2.05, 4.69) is 10.3 Å². The van der Waals surface area contributed by atoms with Crippen molar-refractivity contribution in [1.82, 2.24) is 19.3 Å². The second-order valence-corrected chi connectivity index (χ2v) is 11.2. The molecule has 1 aromatic carbocycles. The monoisotopic (exact) mass is 685 g/mol. The van der Waals surface area contributed by atoms with E-state index in [4.69, 9.17) is 4.74 Å². The second kappa shape index (κ2) is 12.7. The van der Waals surface area contributed by atoms with Crippen molar-refractivity contribution < 1.29 is 49.4 Å². The van der Waals surface area contributed by atoms with Crippen LogP contribution in [0.15, 0.2) is 47.5 Å². The number of halogens is 8. The number of amides is 1. The summed E-state index contributed by atoms with van der Waals surface area (Å²) >= 11 is 0. The van der Waals surface area contributed by atoms with Crippen molar-refractivity contribution in [1.29, 1.82) is 0 Å². The average molecular weight is 686 g/mol. The Morgan fingerprint density at radius 2 is 1.75 bits per heavy atom. The molecule has 0 bridgehead atoms. The van der Waals surface area contributed by atoms with Crippen LogP contribution in [0.2, 0.25) is 0 Å². The fourth-order valence-electron chi connectivity index (χ4n) is 5.60. The van der Waals surface area contributed by atoms with E-state index >= 15 is 8.78 Å². The van der Waals surface area contributed by atoms with Gasteiger partial charge in [0.1, 0.15) is 28.9 Å². The van der Waals surface area contributed by atoms with Gasteiger partial charge in [-0.3, -0.25) is 14.4 Å². The van der Waals surface area contributed by atoms with Gasteiger partial charge >= 0.3 is 12.4 Å². The molecule has 1 N–H and O–H groups in total. The fourth-order valence-corrected chi connectivity index (χ4v) is 5.60. The molecule has 1 aliphatic rings. The number of rotatable bonds is 7. The maximum atomic E-state index is 15.1. The van der Waals surface area contributed by atoms with Crippen molar-refractivity contribution in [2.75, 3.05) is 24.7 Å². The van der Waals surface area contributed by atoms with Crippen LogP contribution in [0.3, 0.4) is 0 Å². The highest BCUT2D eigenvalue weighted by Gasteiger charge is 2.46. The number of imidazole rings is 1. The molecule has 4 heterocycles. The van der Waals surface area contributed by atoms with Crippen LogP contribution in [-0.2, 0) is 29.2 Å². The smallest absolute Gasteiger partial charge is 0.377 e. The van der Waals surface area contributed by atoms with Crippen molar-refractivity contribution in [3.63, 3.8) is 0 Å². The third-order valence-electron chi connectivity index (χ3n) is 8.18. The summed E-state index contributed by atoms with van der Waals surface area (Å²) in [6, 6.07) is 0.959. The van der Waals surface area contributed by atoms with Gasteiger partial charge in [-0.25, -0.2) is 13.8 Å². The van der Waals surface area contributed by atoms with E-state index < -0.39 is 82.3 Å². The molecule has 9 nitrogen and oxygen atoms in total. The van der Waals surface area contributed by atoms with Crippen molar-refractivity contribution in [2.24, 2.45) is 7.05 Å².